The van der Waals surface area contributed by atoms with E-state index in [0.29, 0.717) is 0 Å². The minimum atomic E-state index is -1.27. The molecule has 0 atom stereocenters. The van der Waals surface area contributed by atoms with Crippen LogP contribution in [0, 0.1) is 11.3 Å². The molecule has 0 aliphatic heterocycles. The second-order valence-electron chi connectivity index (χ2n) is 2.28. The third-order valence-corrected chi connectivity index (χ3v) is 0.925. The van der Waals surface area contributed by atoms with Crippen LogP contribution in [0.25, 0.3) is 0 Å². The SMILES string of the molecule is C=C(CC(=O)O)C(=O)O.C=CC#N.C=CC=C. The lowest BCUT2D eigenvalue weighted by Crippen LogP contribution is -2.04. The third-order valence-electron chi connectivity index (χ3n) is 0.925. The molecule has 0 spiro atoms. The van der Waals surface area contributed by atoms with Gasteiger partial charge in [0.1, 0.15) is 0 Å². The number of rotatable bonds is 4. The maximum Gasteiger partial charge on any atom is 0.331 e. The Hall–Kier alpha value is -2.61. The van der Waals surface area contributed by atoms with Crippen LogP contribution in [0.1, 0.15) is 6.42 Å². The predicted octanol–water partition coefficient (Wildman–Crippen LogP) is 2.16. The topological polar surface area (TPSA) is 98.4 Å². The number of carbonyl (C=O) groups is 2. The first kappa shape index (κ1) is 19.9. The summed E-state index contributed by atoms with van der Waals surface area (Å²) < 4.78 is 0. The molecule has 0 aromatic heterocycles. The largest absolute Gasteiger partial charge is 0.481 e. The average Bonchev–Trinajstić information content (AvgIpc) is 2.28. The average molecular weight is 237 g/mol. The lowest BCUT2D eigenvalue weighted by molar-refractivity contribution is -0.139. The van der Waals surface area contributed by atoms with Crippen LogP contribution >= 0.6 is 0 Å². The van der Waals surface area contributed by atoms with Crippen LogP contribution in [0.2, 0.25) is 0 Å². The van der Waals surface area contributed by atoms with Crippen LogP contribution in [0.5, 0.6) is 0 Å². The predicted molar refractivity (Wildman–Crippen MR) is 65.2 cm³/mol. The summed E-state index contributed by atoms with van der Waals surface area (Å²) in [6, 6.07) is 1.69. The molecule has 17 heavy (non-hydrogen) atoms. The van der Waals surface area contributed by atoms with E-state index in [0.717, 1.165) is 0 Å². The van der Waals surface area contributed by atoms with Crippen LogP contribution in [-0.4, -0.2) is 22.2 Å². The maximum atomic E-state index is 9.87. The number of nitriles is 1. The fraction of sp³-hybridized carbons (Fsp3) is 0.0833. The Morgan fingerprint density at radius 3 is 1.59 bits per heavy atom. The van der Waals surface area contributed by atoms with Crippen LogP contribution in [-0.2, 0) is 9.59 Å². The van der Waals surface area contributed by atoms with Crippen molar-refractivity contribution in [3.05, 3.63) is 50.1 Å². The quantitative estimate of drug-likeness (QED) is 0.443. The zero-order valence-corrected chi connectivity index (χ0v) is 9.43. The Bertz CT molecular complexity index is 331. The summed E-state index contributed by atoms with van der Waals surface area (Å²) >= 11 is 0. The molecule has 92 valence electrons. The highest BCUT2D eigenvalue weighted by Crippen LogP contribution is 1.95. The molecule has 0 unspecified atom stereocenters. The van der Waals surface area contributed by atoms with E-state index in [9.17, 15) is 9.59 Å². The van der Waals surface area contributed by atoms with Crippen molar-refractivity contribution in [3.8, 4) is 6.07 Å². The molecule has 2 N–H and O–H groups in total. The number of aliphatic carboxylic acids is 2. The summed E-state index contributed by atoms with van der Waals surface area (Å²) in [5.74, 6) is -2.44. The zero-order chi connectivity index (χ0) is 14.3. The lowest BCUT2D eigenvalue weighted by atomic mass is 10.2. The van der Waals surface area contributed by atoms with Gasteiger partial charge in [0.05, 0.1) is 12.5 Å². The van der Waals surface area contributed by atoms with E-state index in [1.807, 2.05) is 0 Å². The monoisotopic (exact) mass is 237 g/mol. The number of allylic oxidation sites excluding steroid dienone is 3. The van der Waals surface area contributed by atoms with Crippen molar-refractivity contribution in [3.63, 3.8) is 0 Å². The van der Waals surface area contributed by atoms with E-state index in [4.69, 9.17) is 15.5 Å². The van der Waals surface area contributed by atoms with Crippen LogP contribution in [0.15, 0.2) is 50.1 Å². The number of hydrogen-bond acceptors (Lipinski definition) is 3. The summed E-state index contributed by atoms with van der Waals surface area (Å²) in [7, 11) is 0. The van der Waals surface area contributed by atoms with E-state index in [1.165, 1.54) is 6.08 Å². The minimum absolute atomic E-state index is 0.303. The molecule has 0 aromatic carbocycles. The third kappa shape index (κ3) is 31.8. The van der Waals surface area contributed by atoms with Gasteiger partial charge in [0, 0.05) is 11.6 Å². The second kappa shape index (κ2) is 15.8. The minimum Gasteiger partial charge on any atom is -0.481 e. The lowest BCUT2D eigenvalue weighted by Gasteiger charge is -1.91. The molecule has 5 heteroatoms. The van der Waals surface area contributed by atoms with Crippen molar-refractivity contribution in [1.29, 1.82) is 5.26 Å². The standard InChI is InChI=1S/C5H6O4.C4H6.C3H3N/c1-3(5(8)9)2-4(6)7;1-3-4-2;1-2-3-4/h1-2H2,(H,6,7)(H,8,9);3-4H,1-2H2;2H,1H2. The molecule has 0 amide bonds. The molecule has 0 aliphatic carbocycles. The van der Waals surface area contributed by atoms with E-state index in [-0.39, 0.29) is 5.57 Å². The highest BCUT2D eigenvalue weighted by atomic mass is 16.4. The van der Waals surface area contributed by atoms with Crippen molar-refractivity contribution in [1.82, 2.24) is 0 Å². The maximum absolute atomic E-state index is 9.87. The molecule has 0 saturated heterocycles. The van der Waals surface area contributed by atoms with Gasteiger partial charge in [0.15, 0.2) is 0 Å². The molecule has 0 fully saturated rings. The Kier molecular flexibility index (Phi) is 18.5. The summed E-state index contributed by atoms with van der Waals surface area (Å²) in [5.41, 5.74) is -0.303. The van der Waals surface area contributed by atoms with Crippen LogP contribution < -0.4 is 0 Å². The van der Waals surface area contributed by atoms with Crippen molar-refractivity contribution in [2.75, 3.05) is 0 Å². The Balaban J connectivity index is -0.000000205. The normalized spacial score (nSPS) is 6.53. The van der Waals surface area contributed by atoms with Gasteiger partial charge in [-0.1, -0.05) is 38.5 Å². The number of hydrogen-bond donors (Lipinski definition) is 2. The van der Waals surface area contributed by atoms with Gasteiger partial charge in [-0.2, -0.15) is 5.26 Å². The number of nitrogens with zero attached hydrogens (tertiary/aromatic N) is 1. The number of carboxylic acid groups (broad SMARTS) is 2. The van der Waals surface area contributed by atoms with Gasteiger partial charge in [0.2, 0.25) is 0 Å². The van der Waals surface area contributed by atoms with Crippen molar-refractivity contribution in [2.24, 2.45) is 0 Å². The first-order valence-electron chi connectivity index (χ1n) is 4.24. The van der Waals surface area contributed by atoms with Crippen molar-refractivity contribution < 1.29 is 19.8 Å². The van der Waals surface area contributed by atoms with Gasteiger partial charge in [-0.25, -0.2) is 4.79 Å². The van der Waals surface area contributed by atoms with E-state index >= 15 is 0 Å². The summed E-state index contributed by atoms with van der Waals surface area (Å²) in [4.78, 5) is 19.7. The summed E-state index contributed by atoms with van der Waals surface area (Å²) in [6.07, 6.45) is 3.95. The molecule has 0 saturated carbocycles. The van der Waals surface area contributed by atoms with Gasteiger partial charge >= 0.3 is 11.9 Å². The molecule has 0 radical (unpaired) electrons. The highest BCUT2D eigenvalue weighted by Gasteiger charge is 2.07. The van der Waals surface area contributed by atoms with E-state index in [1.54, 1.807) is 18.2 Å². The fourth-order valence-corrected chi connectivity index (χ4v) is 0.258. The van der Waals surface area contributed by atoms with Crippen molar-refractivity contribution in [2.45, 2.75) is 6.42 Å². The summed E-state index contributed by atoms with van der Waals surface area (Å²) in [6.45, 7) is 12.9. The zero-order valence-electron chi connectivity index (χ0n) is 9.43. The number of carboxylic acids is 2. The van der Waals surface area contributed by atoms with E-state index in [2.05, 4.69) is 26.3 Å². The second-order valence-corrected chi connectivity index (χ2v) is 2.28. The van der Waals surface area contributed by atoms with Crippen molar-refractivity contribution >= 4 is 11.9 Å². The fourth-order valence-electron chi connectivity index (χ4n) is 0.258. The molecule has 0 aliphatic rings. The molecular formula is C12H15NO4. The highest BCUT2D eigenvalue weighted by molar-refractivity contribution is 5.91. The van der Waals surface area contributed by atoms with Gasteiger partial charge < -0.3 is 10.2 Å². The Morgan fingerprint density at radius 1 is 1.18 bits per heavy atom. The Morgan fingerprint density at radius 2 is 1.53 bits per heavy atom. The molecule has 0 heterocycles. The van der Waals surface area contributed by atoms with Crippen LogP contribution in [0.3, 0.4) is 0 Å². The van der Waals surface area contributed by atoms with Gasteiger partial charge in [0.25, 0.3) is 0 Å². The molecule has 0 rings (SSSR count). The first-order chi connectivity index (χ1) is 7.87. The molecule has 5 nitrogen and oxygen atoms in total. The van der Waals surface area contributed by atoms with E-state index < -0.39 is 18.4 Å². The summed E-state index contributed by atoms with van der Waals surface area (Å²) in [5, 5.41) is 23.6. The van der Waals surface area contributed by atoms with Gasteiger partial charge in [-0.05, 0) is 0 Å². The molecule has 0 bridgehead atoms. The Labute approximate surface area is 100 Å². The molecule has 0 aromatic rings. The molecular weight excluding hydrogens is 222 g/mol. The smallest absolute Gasteiger partial charge is 0.331 e. The van der Waals surface area contributed by atoms with Gasteiger partial charge in [-0.15, -0.1) is 0 Å². The van der Waals surface area contributed by atoms with Gasteiger partial charge in [-0.3, -0.25) is 4.79 Å². The first-order valence-corrected chi connectivity index (χ1v) is 4.24. The van der Waals surface area contributed by atoms with Crippen LogP contribution in [0.4, 0.5) is 0 Å².